The maximum atomic E-state index is 14.3. The Morgan fingerprint density at radius 3 is 2.49 bits per heavy atom. The van der Waals surface area contributed by atoms with E-state index in [1.807, 2.05) is 55.7 Å². The average Bonchev–Trinajstić information content (AvgIpc) is 3.13. The van der Waals surface area contributed by atoms with Crippen LogP contribution in [0.4, 0.5) is 4.39 Å². The van der Waals surface area contributed by atoms with Crippen molar-refractivity contribution in [2.75, 3.05) is 6.61 Å². The van der Waals surface area contributed by atoms with E-state index >= 15 is 0 Å². The molecule has 0 saturated carbocycles. The van der Waals surface area contributed by atoms with E-state index in [0.29, 0.717) is 18.1 Å². The van der Waals surface area contributed by atoms with Crippen molar-refractivity contribution in [1.29, 1.82) is 0 Å². The number of unbranched alkanes of at least 4 members (excludes halogenated alkanes) is 1. The lowest BCUT2D eigenvalue weighted by molar-refractivity contribution is -0.143. The lowest BCUT2D eigenvalue weighted by atomic mass is 10.0. The van der Waals surface area contributed by atoms with E-state index in [1.54, 1.807) is 36.9 Å². The van der Waals surface area contributed by atoms with Crippen molar-refractivity contribution in [2.45, 2.75) is 65.3 Å². The highest BCUT2D eigenvalue weighted by molar-refractivity contribution is 8.03. The molecule has 198 valence electrons. The van der Waals surface area contributed by atoms with Crippen molar-refractivity contribution < 1.29 is 13.9 Å². The number of aromatic nitrogens is 1. The smallest absolute Gasteiger partial charge is 0.325 e. The summed E-state index contributed by atoms with van der Waals surface area (Å²) in [7, 11) is 0. The van der Waals surface area contributed by atoms with Crippen LogP contribution in [0.5, 0.6) is 0 Å². The molecule has 0 aliphatic heterocycles. The molecule has 0 aliphatic rings. The van der Waals surface area contributed by atoms with Gasteiger partial charge in [0.1, 0.15) is 12.4 Å². The number of hydrogen-bond donors (Lipinski definition) is 0. The number of carbonyl (C=O) groups is 1. The van der Waals surface area contributed by atoms with E-state index in [4.69, 9.17) is 16.3 Å². The summed E-state index contributed by atoms with van der Waals surface area (Å²) >= 11 is 7.76. The van der Waals surface area contributed by atoms with E-state index in [-0.39, 0.29) is 18.3 Å². The fourth-order valence-corrected chi connectivity index (χ4v) is 5.12. The fourth-order valence-electron chi connectivity index (χ4n) is 3.99. The predicted octanol–water partition coefficient (Wildman–Crippen LogP) is 9.46. The summed E-state index contributed by atoms with van der Waals surface area (Å²) in [6.45, 7) is 14.2. The van der Waals surface area contributed by atoms with Crippen LogP contribution in [0.1, 0.15) is 51.8 Å². The molecule has 3 aromatic rings. The maximum Gasteiger partial charge on any atom is 0.325 e. The van der Waals surface area contributed by atoms with Crippen LogP contribution in [-0.4, -0.2) is 17.1 Å². The Kier molecular flexibility index (Phi) is 12.7. The van der Waals surface area contributed by atoms with Gasteiger partial charge in [-0.15, -0.1) is 0 Å². The standard InChI is InChI=1S/C29H31ClFNO2S.C2H6/c1-5-8-10-28(35-24-14-11-22(30)12-15-24)21(9-6-2)17-25-20(4)32(19-29(33)34-7-3)27-16-13-23(31)18-26(25)27;1-2/h6,9-16,18H,2,5,7-8,17,19H2,1,3-4H3;1-2H3/b21-9-,28-10-;. The van der Waals surface area contributed by atoms with Crippen LogP contribution < -0.4 is 0 Å². The van der Waals surface area contributed by atoms with Gasteiger partial charge in [-0.2, -0.15) is 0 Å². The van der Waals surface area contributed by atoms with Crippen LogP contribution >= 0.6 is 23.4 Å². The number of esters is 1. The summed E-state index contributed by atoms with van der Waals surface area (Å²) in [4.78, 5) is 14.5. The molecule has 2 aromatic carbocycles. The van der Waals surface area contributed by atoms with E-state index in [2.05, 4.69) is 19.6 Å². The molecule has 0 spiro atoms. The third-order valence-electron chi connectivity index (χ3n) is 5.67. The molecule has 0 aliphatic carbocycles. The Morgan fingerprint density at radius 1 is 1.16 bits per heavy atom. The zero-order chi connectivity index (χ0) is 27.4. The van der Waals surface area contributed by atoms with E-state index < -0.39 is 0 Å². The average molecular weight is 542 g/mol. The van der Waals surface area contributed by atoms with Crippen molar-refractivity contribution >= 4 is 40.2 Å². The molecule has 0 N–H and O–H groups in total. The van der Waals surface area contributed by atoms with Gasteiger partial charge in [0, 0.05) is 37.8 Å². The molecule has 0 unspecified atom stereocenters. The number of fused-ring (bicyclic) bond motifs is 1. The number of hydrogen-bond acceptors (Lipinski definition) is 3. The summed E-state index contributed by atoms with van der Waals surface area (Å²) in [5, 5.41) is 1.50. The minimum Gasteiger partial charge on any atom is -0.465 e. The SMILES string of the molecule is C=C/C=C(Cc1c(C)n(CC(=O)OCC)c2ccc(F)cc12)\C(=C\CCC)Sc1ccc(Cl)cc1.CC. The largest absolute Gasteiger partial charge is 0.465 e. The van der Waals surface area contributed by atoms with E-state index in [9.17, 15) is 9.18 Å². The summed E-state index contributed by atoms with van der Waals surface area (Å²) in [5.74, 6) is -0.620. The van der Waals surface area contributed by atoms with Crippen LogP contribution in [0.15, 0.2) is 82.6 Å². The number of allylic oxidation sites excluding steroid dienone is 4. The fraction of sp³-hybridized carbons (Fsp3) is 0.323. The predicted molar refractivity (Wildman–Crippen MR) is 157 cm³/mol. The molecule has 0 radical (unpaired) electrons. The molecule has 0 amide bonds. The highest BCUT2D eigenvalue weighted by Gasteiger charge is 2.19. The first-order valence-electron chi connectivity index (χ1n) is 12.8. The lowest BCUT2D eigenvalue weighted by Crippen LogP contribution is -2.14. The van der Waals surface area contributed by atoms with Gasteiger partial charge in [0.25, 0.3) is 0 Å². The quantitative estimate of drug-likeness (QED) is 0.137. The van der Waals surface area contributed by atoms with Gasteiger partial charge in [-0.3, -0.25) is 4.79 Å². The second-order valence-electron chi connectivity index (χ2n) is 8.13. The molecule has 0 atom stereocenters. The molecular weight excluding hydrogens is 505 g/mol. The van der Waals surface area contributed by atoms with Crippen LogP contribution in [0.3, 0.4) is 0 Å². The van der Waals surface area contributed by atoms with Crippen molar-refractivity contribution in [3.8, 4) is 0 Å². The van der Waals surface area contributed by atoms with Crippen LogP contribution in [0.2, 0.25) is 5.02 Å². The molecule has 0 fully saturated rings. The van der Waals surface area contributed by atoms with Crippen LogP contribution in [0.25, 0.3) is 10.9 Å². The second-order valence-corrected chi connectivity index (χ2v) is 9.69. The van der Waals surface area contributed by atoms with Gasteiger partial charge in [0.2, 0.25) is 0 Å². The summed E-state index contributed by atoms with van der Waals surface area (Å²) in [6.07, 6.45) is 8.56. The van der Waals surface area contributed by atoms with Crippen molar-refractivity contribution in [1.82, 2.24) is 4.57 Å². The monoisotopic (exact) mass is 541 g/mol. The molecule has 0 saturated heterocycles. The zero-order valence-electron chi connectivity index (χ0n) is 22.4. The second kappa shape index (κ2) is 15.5. The molecule has 6 heteroatoms. The molecule has 3 rings (SSSR count). The Hall–Kier alpha value is -2.76. The number of thioether (sulfide) groups is 1. The topological polar surface area (TPSA) is 31.2 Å². The summed E-state index contributed by atoms with van der Waals surface area (Å²) in [6, 6.07) is 12.5. The van der Waals surface area contributed by atoms with Crippen molar-refractivity contribution in [3.05, 3.63) is 99.8 Å². The lowest BCUT2D eigenvalue weighted by Gasteiger charge is -2.14. The van der Waals surface area contributed by atoms with Gasteiger partial charge >= 0.3 is 5.97 Å². The Bertz CT molecular complexity index is 1260. The minimum atomic E-state index is -0.313. The normalized spacial score (nSPS) is 11.8. The summed E-state index contributed by atoms with van der Waals surface area (Å²) in [5.41, 5.74) is 3.79. The number of ether oxygens (including phenoxy) is 1. The zero-order valence-corrected chi connectivity index (χ0v) is 24.0. The molecule has 1 aromatic heterocycles. The Morgan fingerprint density at radius 2 is 1.86 bits per heavy atom. The van der Waals surface area contributed by atoms with Gasteiger partial charge in [0.05, 0.1) is 6.61 Å². The molecule has 0 bridgehead atoms. The summed E-state index contributed by atoms with van der Waals surface area (Å²) < 4.78 is 21.4. The van der Waals surface area contributed by atoms with Crippen molar-refractivity contribution in [2.24, 2.45) is 0 Å². The Balaban J connectivity index is 0.00000235. The van der Waals surface area contributed by atoms with E-state index in [0.717, 1.165) is 50.4 Å². The number of benzene rings is 2. The molecule has 1 heterocycles. The Labute approximate surface area is 230 Å². The van der Waals surface area contributed by atoms with Gasteiger partial charge in [-0.25, -0.2) is 4.39 Å². The molecular formula is C31H37ClFNO2S. The number of halogens is 2. The van der Waals surface area contributed by atoms with Gasteiger partial charge in [-0.1, -0.05) is 75.4 Å². The maximum absolute atomic E-state index is 14.3. The third-order valence-corrected chi connectivity index (χ3v) is 7.08. The number of carbonyl (C=O) groups excluding carboxylic acids is 1. The molecule has 3 nitrogen and oxygen atoms in total. The van der Waals surface area contributed by atoms with Crippen molar-refractivity contribution in [3.63, 3.8) is 0 Å². The number of rotatable bonds is 11. The first-order chi connectivity index (χ1) is 17.9. The van der Waals surface area contributed by atoms with E-state index in [1.165, 1.54) is 6.07 Å². The highest BCUT2D eigenvalue weighted by Crippen LogP contribution is 2.37. The number of nitrogens with zero attached hydrogens (tertiary/aromatic N) is 1. The van der Waals surface area contributed by atoms with Gasteiger partial charge < -0.3 is 9.30 Å². The van der Waals surface area contributed by atoms with Gasteiger partial charge in [0.15, 0.2) is 0 Å². The first kappa shape index (κ1) is 30.5. The van der Waals surface area contributed by atoms with Crippen LogP contribution in [0, 0.1) is 12.7 Å². The highest BCUT2D eigenvalue weighted by atomic mass is 35.5. The minimum absolute atomic E-state index is 0.0837. The van der Waals surface area contributed by atoms with Gasteiger partial charge in [-0.05, 0) is 73.9 Å². The molecule has 37 heavy (non-hydrogen) atoms. The van der Waals surface area contributed by atoms with Crippen LogP contribution in [-0.2, 0) is 22.5 Å². The first-order valence-corrected chi connectivity index (χ1v) is 14.0. The third kappa shape index (κ3) is 8.37.